The first kappa shape index (κ1) is 30.3. The number of carboxylic acid groups (broad SMARTS) is 1. The third-order valence-electron chi connectivity index (χ3n) is 3.74. The van der Waals surface area contributed by atoms with E-state index in [1.165, 1.54) is 51.4 Å². The van der Waals surface area contributed by atoms with E-state index >= 15 is 0 Å². The SMILES string of the molecule is CCCCCCCCCCCCOC(=O)CC[C@H](N)C(=O)O.[H-].[H-].[K+].[Na+]. The van der Waals surface area contributed by atoms with E-state index in [-0.39, 0.29) is 103 Å². The number of ether oxygens (including phenoxy) is 1. The van der Waals surface area contributed by atoms with Crippen molar-refractivity contribution in [2.75, 3.05) is 6.61 Å². The average Bonchev–Trinajstić information content (AvgIpc) is 2.50. The first-order valence-corrected chi connectivity index (χ1v) is 8.72. The Balaban J connectivity index is -0.000000367. The van der Waals surface area contributed by atoms with E-state index in [1.54, 1.807) is 0 Å². The molecule has 0 aromatic heterocycles. The van der Waals surface area contributed by atoms with Crippen molar-refractivity contribution in [3.8, 4) is 0 Å². The van der Waals surface area contributed by atoms with Gasteiger partial charge in [0, 0.05) is 6.42 Å². The summed E-state index contributed by atoms with van der Waals surface area (Å²) in [6, 6.07) is -0.982. The van der Waals surface area contributed by atoms with Gasteiger partial charge in [-0.15, -0.1) is 0 Å². The number of hydrogen-bond acceptors (Lipinski definition) is 4. The molecule has 0 bridgehead atoms. The predicted molar refractivity (Wildman–Crippen MR) is 89.9 cm³/mol. The van der Waals surface area contributed by atoms with Crippen molar-refractivity contribution >= 4 is 11.9 Å². The Bertz CT molecular complexity index is 316. The second-order valence-corrected chi connectivity index (χ2v) is 5.89. The molecule has 0 radical (unpaired) electrons. The third kappa shape index (κ3) is 21.6. The van der Waals surface area contributed by atoms with Crippen LogP contribution in [0.3, 0.4) is 0 Å². The fraction of sp³-hybridized carbons (Fsp3) is 0.882. The van der Waals surface area contributed by atoms with Gasteiger partial charge in [-0.2, -0.15) is 0 Å². The van der Waals surface area contributed by atoms with Gasteiger partial charge >= 0.3 is 92.9 Å². The zero-order chi connectivity index (χ0) is 16.6. The van der Waals surface area contributed by atoms with Crippen molar-refractivity contribution in [3.05, 3.63) is 0 Å². The van der Waals surface area contributed by atoms with E-state index in [4.69, 9.17) is 15.6 Å². The van der Waals surface area contributed by atoms with Crippen LogP contribution in [0.5, 0.6) is 0 Å². The minimum Gasteiger partial charge on any atom is -1.00 e. The van der Waals surface area contributed by atoms with Crippen LogP contribution in [0, 0.1) is 0 Å². The van der Waals surface area contributed by atoms with Crippen LogP contribution in [0.4, 0.5) is 0 Å². The fourth-order valence-corrected chi connectivity index (χ4v) is 2.24. The average molecular weight is 380 g/mol. The number of carboxylic acids is 1. The Labute approximate surface area is 214 Å². The van der Waals surface area contributed by atoms with Crippen LogP contribution in [0.15, 0.2) is 0 Å². The first-order chi connectivity index (χ1) is 10.6. The molecular weight excluding hydrogens is 344 g/mol. The monoisotopic (exact) mass is 379 g/mol. The van der Waals surface area contributed by atoms with Gasteiger partial charge in [0.05, 0.1) is 6.61 Å². The van der Waals surface area contributed by atoms with E-state index in [0.717, 1.165) is 12.8 Å². The molecule has 0 aliphatic heterocycles. The summed E-state index contributed by atoms with van der Waals surface area (Å²) in [5.74, 6) is -1.44. The van der Waals surface area contributed by atoms with Crippen molar-refractivity contribution in [2.45, 2.75) is 90.0 Å². The number of nitrogens with two attached hydrogens (primary N) is 1. The van der Waals surface area contributed by atoms with E-state index in [9.17, 15) is 9.59 Å². The molecule has 7 heteroatoms. The molecule has 0 aromatic carbocycles. The summed E-state index contributed by atoms with van der Waals surface area (Å²) in [7, 11) is 0. The number of aliphatic carboxylic acids is 1. The molecule has 0 heterocycles. The van der Waals surface area contributed by atoms with Crippen molar-refractivity contribution < 1.29 is 103 Å². The van der Waals surface area contributed by atoms with Crippen molar-refractivity contribution in [1.29, 1.82) is 0 Å². The summed E-state index contributed by atoms with van der Waals surface area (Å²) in [5.41, 5.74) is 5.32. The van der Waals surface area contributed by atoms with Crippen LogP contribution in [0.25, 0.3) is 0 Å². The Hall–Kier alpha value is 1.54. The maximum Gasteiger partial charge on any atom is 1.00 e. The van der Waals surface area contributed by atoms with Gasteiger partial charge in [-0.25, -0.2) is 0 Å². The molecule has 3 N–H and O–H groups in total. The molecule has 134 valence electrons. The standard InChI is InChI=1S/C17H33NO4.K.Na.2H/c1-2-3-4-5-6-7-8-9-10-11-14-22-16(19)13-12-15(18)17(20)21;;;;/h15H,2-14,18H2,1H3,(H,20,21);;;;/q;2*+1;2*-1/t15-;;;;/m0..../s1. The van der Waals surface area contributed by atoms with Crippen molar-refractivity contribution in [3.63, 3.8) is 0 Å². The third-order valence-corrected chi connectivity index (χ3v) is 3.74. The Morgan fingerprint density at radius 2 is 1.46 bits per heavy atom. The molecule has 0 aromatic rings. The normalized spacial score (nSPS) is 11.1. The zero-order valence-electron chi connectivity index (χ0n) is 18.0. The van der Waals surface area contributed by atoms with E-state index < -0.39 is 12.0 Å². The van der Waals surface area contributed by atoms with Gasteiger partial charge < -0.3 is 18.4 Å². The van der Waals surface area contributed by atoms with Crippen LogP contribution >= 0.6 is 0 Å². The molecule has 0 fully saturated rings. The quantitative estimate of drug-likeness (QED) is 0.193. The summed E-state index contributed by atoms with van der Waals surface area (Å²) in [6.07, 6.45) is 12.6. The summed E-state index contributed by atoms with van der Waals surface area (Å²) < 4.78 is 5.06. The van der Waals surface area contributed by atoms with Crippen LogP contribution in [0.2, 0.25) is 0 Å². The molecule has 0 aliphatic carbocycles. The van der Waals surface area contributed by atoms with Crippen LogP contribution < -0.4 is 86.7 Å². The Morgan fingerprint density at radius 3 is 1.92 bits per heavy atom. The fourth-order valence-electron chi connectivity index (χ4n) is 2.24. The smallest absolute Gasteiger partial charge is 1.00 e. The second kappa shape index (κ2) is 22.6. The molecule has 0 rings (SSSR count). The van der Waals surface area contributed by atoms with E-state index in [2.05, 4.69) is 6.92 Å². The molecule has 0 aliphatic rings. The number of rotatable bonds is 15. The van der Waals surface area contributed by atoms with Crippen LogP contribution in [-0.2, 0) is 14.3 Å². The topological polar surface area (TPSA) is 89.6 Å². The van der Waals surface area contributed by atoms with Gasteiger partial charge in [0.25, 0.3) is 0 Å². The van der Waals surface area contributed by atoms with Crippen LogP contribution in [0.1, 0.15) is 86.8 Å². The minimum absolute atomic E-state index is 0. The Kier molecular flexibility index (Phi) is 28.5. The molecule has 1 atom stereocenters. The number of carbonyl (C=O) groups excluding carboxylic acids is 1. The van der Waals surface area contributed by atoms with Gasteiger partial charge in [-0.1, -0.05) is 64.7 Å². The molecule has 0 saturated carbocycles. The largest absolute Gasteiger partial charge is 1.00 e. The van der Waals surface area contributed by atoms with Gasteiger partial charge in [0.1, 0.15) is 6.04 Å². The van der Waals surface area contributed by atoms with Crippen molar-refractivity contribution in [2.24, 2.45) is 5.73 Å². The zero-order valence-corrected chi connectivity index (χ0v) is 21.1. The van der Waals surface area contributed by atoms with Gasteiger partial charge in [-0.05, 0) is 12.8 Å². The molecule has 24 heavy (non-hydrogen) atoms. The second-order valence-electron chi connectivity index (χ2n) is 5.89. The van der Waals surface area contributed by atoms with Gasteiger partial charge in [0.15, 0.2) is 0 Å². The van der Waals surface area contributed by atoms with E-state index in [0.29, 0.717) is 6.61 Å². The number of unbranched alkanes of at least 4 members (excludes halogenated alkanes) is 9. The number of esters is 1. The predicted octanol–water partition coefficient (Wildman–Crippen LogP) is -2.12. The molecule has 0 amide bonds. The summed E-state index contributed by atoms with van der Waals surface area (Å²) in [6.45, 7) is 2.66. The molecule has 0 spiro atoms. The van der Waals surface area contributed by atoms with Crippen molar-refractivity contribution in [1.82, 2.24) is 0 Å². The maximum atomic E-state index is 11.4. The van der Waals surface area contributed by atoms with E-state index in [1.807, 2.05) is 0 Å². The number of hydrogen-bond donors (Lipinski definition) is 2. The molecule has 0 unspecified atom stereocenters. The number of carbonyl (C=O) groups is 2. The minimum atomic E-state index is -1.08. The maximum absolute atomic E-state index is 11.4. The van der Waals surface area contributed by atoms with Gasteiger partial charge in [0.2, 0.25) is 0 Å². The molecule has 0 saturated heterocycles. The first-order valence-electron chi connectivity index (χ1n) is 8.72. The molecule has 5 nitrogen and oxygen atoms in total. The summed E-state index contributed by atoms with van der Waals surface area (Å²) in [4.78, 5) is 21.9. The summed E-state index contributed by atoms with van der Waals surface area (Å²) >= 11 is 0. The van der Waals surface area contributed by atoms with Gasteiger partial charge in [-0.3, -0.25) is 9.59 Å². The summed E-state index contributed by atoms with van der Waals surface area (Å²) in [5, 5.41) is 8.59. The van der Waals surface area contributed by atoms with Crippen LogP contribution in [-0.4, -0.2) is 29.7 Å². The Morgan fingerprint density at radius 1 is 1.00 bits per heavy atom. The molecular formula is C17H35KNNaO4.